The molecule has 11 heavy (non-hydrogen) atoms. The van der Waals surface area contributed by atoms with E-state index in [1.807, 2.05) is 23.9 Å². The molecular weight excluding hydrogens is 140 g/mol. The molecule has 0 aliphatic carbocycles. The Morgan fingerprint density at radius 1 is 1.82 bits per heavy atom. The average molecular weight is 150 g/mol. The minimum atomic E-state index is 0.161. The molecule has 1 aromatic heterocycles. The topological polar surface area (TPSA) is 53.6 Å². The summed E-state index contributed by atoms with van der Waals surface area (Å²) in [6.07, 6.45) is 7.22. The lowest BCUT2D eigenvalue weighted by Gasteiger charge is -2.08. The van der Waals surface area contributed by atoms with Gasteiger partial charge in [-0.3, -0.25) is 0 Å². The van der Waals surface area contributed by atoms with Crippen LogP contribution >= 0.6 is 0 Å². The van der Waals surface area contributed by atoms with E-state index in [-0.39, 0.29) is 6.04 Å². The summed E-state index contributed by atoms with van der Waals surface area (Å²) in [4.78, 5) is 3.89. The number of rotatable bonds is 3. The highest BCUT2D eigenvalue weighted by Crippen LogP contribution is 1.89. The van der Waals surface area contributed by atoms with Gasteiger partial charge in [-0.25, -0.2) is 4.98 Å². The van der Waals surface area contributed by atoms with Crippen molar-refractivity contribution >= 4 is 0 Å². The maximum absolute atomic E-state index is 8.28. The van der Waals surface area contributed by atoms with Gasteiger partial charge in [-0.15, -0.1) is 0 Å². The van der Waals surface area contributed by atoms with Crippen LogP contribution in [-0.2, 0) is 6.54 Å². The predicted molar refractivity (Wildman–Crippen MR) is 40.4 cm³/mol. The van der Waals surface area contributed by atoms with E-state index in [4.69, 9.17) is 5.26 Å². The summed E-state index contributed by atoms with van der Waals surface area (Å²) in [5.74, 6) is 0. The molecule has 0 fully saturated rings. The smallest absolute Gasteiger partial charge is 0.176 e. The van der Waals surface area contributed by atoms with Crippen LogP contribution in [0.1, 0.15) is 6.92 Å². The van der Waals surface area contributed by atoms with E-state index in [9.17, 15) is 0 Å². The Kier molecular flexibility index (Phi) is 2.50. The van der Waals surface area contributed by atoms with Crippen LogP contribution in [0.3, 0.4) is 0 Å². The van der Waals surface area contributed by atoms with E-state index < -0.39 is 0 Å². The molecule has 0 saturated heterocycles. The highest BCUT2D eigenvalue weighted by Gasteiger charge is 1.98. The number of aromatic nitrogens is 2. The van der Waals surface area contributed by atoms with Crippen LogP contribution in [0.15, 0.2) is 18.7 Å². The lowest BCUT2D eigenvalue weighted by atomic mass is 10.3. The van der Waals surface area contributed by atoms with Gasteiger partial charge in [0.05, 0.1) is 12.4 Å². The zero-order valence-corrected chi connectivity index (χ0v) is 6.36. The van der Waals surface area contributed by atoms with Crippen LogP contribution in [-0.4, -0.2) is 15.6 Å². The average Bonchev–Trinajstić information content (AvgIpc) is 2.40. The highest BCUT2D eigenvalue weighted by atomic mass is 15.1. The van der Waals surface area contributed by atoms with E-state index in [0.29, 0.717) is 0 Å². The fourth-order valence-electron chi connectivity index (χ4n) is 0.867. The van der Waals surface area contributed by atoms with Gasteiger partial charge in [-0.05, 0) is 6.92 Å². The molecule has 1 heterocycles. The zero-order valence-electron chi connectivity index (χ0n) is 6.36. The maximum atomic E-state index is 8.28. The Morgan fingerprint density at radius 3 is 3.18 bits per heavy atom. The van der Waals surface area contributed by atoms with Crippen LogP contribution in [0.5, 0.6) is 0 Å². The first-order chi connectivity index (χ1) is 5.33. The second kappa shape index (κ2) is 3.62. The Bertz CT molecular complexity index is 233. The molecule has 0 spiro atoms. The lowest BCUT2D eigenvalue weighted by molar-refractivity contribution is 0.537. The quantitative estimate of drug-likeness (QED) is 0.499. The first kappa shape index (κ1) is 7.61. The zero-order chi connectivity index (χ0) is 8.10. The molecule has 4 nitrogen and oxygen atoms in total. The Labute approximate surface area is 65.5 Å². The van der Waals surface area contributed by atoms with Gasteiger partial charge in [0.1, 0.15) is 0 Å². The molecule has 58 valence electrons. The van der Waals surface area contributed by atoms with Crippen molar-refractivity contribution in [2.24, 2.45) is 0 Å². The number of nitrogens with zero attached hydrogens (tertiary/aromatic N) is 3. The van der Waals surface area contributed by atoms with Crippen LogP contribution in [0.2, 0.25) is 0 Å². The molecule has 1 N–H and O–H groups in total. The molecule has 0 aliphatic rings. The summed E-state index contributed by atoms with van der Waals surface area (Å²) in [5, 5.41) is 10.9. The van der Waals surface area contributed by atoms with Crippen LogP contribution in [0, 0.1) is 11.5 Å². The molecule has 0 aromatic carbocycles. The van der Waals surface area contributed by atoms with Gasteiger partial charge >= 0.3 is 0 Å². The van der Waals surface area contributed by atoms with Crippen molar-refractivity contribution in [3.63, 3.8) is 0 Å². The summed E-state index contributed by atoms with van der Waals surface area (Å²) in [5.41, 5.74) is 0. The van der Waals surface area contributed by atoms with Crippen molar-refractivity contribution in [2.75, 3.05) is 0 Å². The summed E-state index contributed by atoms with van der Waals surface area (Å²) in [6.45, 7) is 2.72. The largest absolute Gasteiger partial charge is 0.335 e. The van der Waals surface area contributed by atoms with E-state index in [1.165, 1.54) is 0 Å². The molecule has 1 aromatic rings. The molecule has 0 saturated carbocycles. The summed E-state index contributed by atoms with van der Waals surface area (Å²) in [6, 6.07) is 0.161. The Hall–Kier alpha value is -1.50. The van der Waals surface area contributed by atoms with Crippen LogP contribution < -0.4 is 5.32 Å². The third-order valence-corrected chi connectivity index (χ3v) is 1.35. The van der Waals surface area contributed by atoms with Crippen molar-refractivity contribution in [2.45, 2.75) is 19.5 Å². The van der Waals surface area contributed by atoms with Gasteiger partial charge in [0.15, 0.2) is 6.19 Å². The van der Waals surface area contributed by atoms with Crippen molar-refractivity contribution in [1.82, 2.24) is 14.9 Å². The number of nitrogens with one attached hydrogen (secondary N) is 1. The van der Waals surface area contributed by atoms with E-state index in [1.54, 1.807) is 12.5 Å². The van der Waals surface area contributed by atoms with Crippen LogP contribution in [0.4, 0.5) is 0 Å². The lowest BCUT2D eigenvalue weighted by Crippen LogP contribution is -2.25. The third-order valence-electron chi connectivity index (χ3n) is 1.35. The van der Waals surface area contributed by atoms with Crippen molar-refractivity contribution in [3.05, 3.63) is 18.7 Å². The number of hydrogen-bond acceptors (Lipinski definition) is 3. The molecule has 1 unspecified atom stereocenters. The van der Waals surface area contributed by atoms with Gasteiger partial charge in [-0.1, -0.05) is 0 Å². The van der Waals surface area contributed by atoms with Crippen molar-refractivity contribution < 1.29 is 0 Å². The molecule has 0 aliphatic heterocycles. The standard InChI is InChI=1S/C7H10N4/c1-7(10-5-8)4-11-3-2-9-6-11/h2-3,6-7,10H,4H2,1H3. The summed E-state index contributed by atoms with van der Waals surface area (Å²) < 4.78 is 1.93. The number of hydrogen-bond donors (Lipinski definition) is 1. The Balaban J connectivity index is 2.38. The van der Waals surface area contributed by atoms with E-state index in [2.05, 4.69) is 10.3 Å². The number of nitriles is 1. The highest BCUT2D eigenvalue weighted by molar-refractivity contribution is 4.79. The molecule has 4 heteroatoms. The van der Waals surface area contributed by atoms with Crippen molar-refractivity contribution in [3.8, 4) is 6.19 Å². The van der Waals surface area contributed by atoms with Gasteiger partial charge in [0.2, 0.25) is 0 Å². The first-order valence-electron chi connectivity index (χ1n) is 3.43. The van der Waals surface area contributed by atoms with Crippen LogP contribution in [0.25, 0.3) is 0 Å². The summed E-state index contributed by atoms with van der Waals surface area (Å²) in [7, 11) is 0. The van der Waals surface area contributed by atoms with Gasteiger partial charge in [-0.2, -0.15) is 5.26 Å². The van der Waals surface area contributed by atoms with E-state index >= 15 is 0 Å². The molecule has 0 radical (unpaired) electrons. The predicted octanol–water partition coefficient (Wildman–Crippen LogP) is 0.342. The summed E-state index contributed by atoms with van der Waals surface area (Å²) >= 11 is 0. The SMILES string of the molecule is CC(Cn1ccnc1)NC#N. The number of imidazole rings is 1. The maximum Gasteiger partial charge on any atom is 0.176 e. The monoisotopic (exact) mass is 150 g/mol. The van der Waals surface area contributed by atoms with E-state index in [0.717, 1.165) is 6.54 Å². The molecular formula is C7H10N4. The third kappa shape index (κ3) is 2.30. The van der Waals surface area contributed by atoms with Gasteiger partial charge in [0.25, 0.3) is 0 Å². The molecule has 0 amide bonds. The van der Waals surface area contributed by atoms with Crippen molar-refractivity contribution in [1.29, 1.82) is 5.26 Å². The Morgan fingerprint density at radius 2 is 2.64 bits per heavy atom. The fraction of sp³-hybridized carbons (Fsp3) is 0.429. The minimum Gasteiger partial charge on any atom is -0.335 e. The first-order valence-corrected chi connectivity index (χ1v) is 3.43. The fourth-order valence-corrected chi connectivity index (χ4v) is 0.867. The normalized spacial score (nSPS) is 12.0. The second-order valence-corrected chi connectivity index (χ2v) is 2.42. The molecule has 0 bridgehead atoms. The van der Waals surface area contributed by atoms with Gasteiger partial charge in [0, 0.05) is 18.9 Å². The minimum absolute atomic E-state index is 0.161. The van der Waals surface area contributed by atoms with Gasteiger partial charge < -0.3 is 9.88 Å². The molecule has 1 rings (SSSR count). The second-order valence-electron chi connectivity index (χ2n) is 2.42. The molecule has 1 atom stereocenters.